The Kier molecular flexibility index (Phi) is 4.79. The monoisotopic (exact) mass is 387 g/mol. The molecule has 2 aromatic rings. The van der Waals surface area contributed by atoms with Gasteiger partial charge < -0.3 is 4.90 Å². The number of fused-ring (bicyclic) bond motifs is 1. The zero-order valence-electron chi connectivity index (χ0n) is 13.5. The van der Waals surface area contributed by atoms with Crippen LogP contribution >= 0.6 is 23.2 Å². The van der Waals surface area contributed by atoms with E-state index in [0.717, 1.165) is 25.9 Å². The lowest BCUT2D eigenvalue weighted by atomic mass is 9.91. The van der Waals surface area contributed by atoms with Gasteiger partial charge in [-0.25, -0.2) is 18.1 Å². The lowest BCUT2D eigenvalue weighted by Gasteiger charge is -2.38. The molecule has 1 aliphatic rings. The van der Waals surface area contributed by atoms with E-state index < -0.39 is 15.6 Å². The maximum absolute atomic E-state index is 12.8. The molecule has 2 heterocycles. The predicted molar refractivity (Wildman–Crippen MR) is 97.2 cm³/mol. The number of rotatable bonds is 3. The van der Waals surface area contributed by atoms with E-state index in [1.54, 1.807) is 12.1 Å². The van der Waals surface area contributed by atoms with Gasteiger partial charge in [-0.1, -0.05) is 29.3 Å². The fourth-order valence-corrected chi connectivity index (χ4v) is 4.83. The van der Waals surface area contributed by atoms with Crippen LogP contribution < -0.4 is 4.72 Å². The number of benzene rings is 1. The number of hydrogen-bond acceptors (Lipinski definition) is 4. The van der Waals surface area contributed by atoms with E-state index in [0.29, 0.717) is 15.8 Å². The lowest BCUT2D eigenvalue weighted by molar-refractivity contribution is 0.190. The van der Waals surface area contributed by atoms with Crippen LogP contribution in [0.15, 0.2) is 29.3 Å². The standard InChI is InChI=1S/C16H19Cl2N3O2S/c1-16(5-7-21(2)8-6-16)20-24(22,23)11-3-4-12-13(9-11)15(18)19-10-14(12)17/h3-4,9-10,20H,5-8H2,1-2H3. The van der Waals surface area contributed by atoms with Crippen molar-refractivity contribution >= 4 is 44.0 Å². The smallest absolute Gasteiger partial charge is 0.241 e. The third-order valence-electron chi connectivity index (χ3n) is 4.54. The summed E-state index contributed by atoms with van der Waals surface area (Å²) in [6, 6.07) is 4.74. The van der Waals surface area contributed by atoms with Crippen LogP contribution in [0.5, 0.6) is 0 Å². The number of halogens is 2. The Labute approximate surface area is 152 Å². The van der Waals surface area contributed by atoms with Crippen molar-refractivity contribution in [2.24, 2.45) is 0 Å². The van der Waals surface area contributed by atoms with Gasteiger partial charge in [0.05, 0.1) is 9.92 Å². The Balaban J connectivity index is 1.95. The molecule has 1 aromatic carbocycles. The van der Waals surface area contributed by atoms with Crippen molar-refractivity contribution in [3.8, 4) is 0 Å². The highest BCUT2D eigenvalue weighted by molar-refractivity contribution is 7.89. The van der Waals surface area contributed by atoms with E-state index in [-0.39, 0.29) is 10.0 Å². The van der Waals surface area contributed by atoms with E-state index >= 15 is 0 Å². The number of sulfonamides is 1. The van der Waals surface area contributed by atoms with Crippen LogP contribution in [-0.4, -0.2) is 44.0 Å². The summed E-state index contributed by atoms with van der Waals surface area (Å²) in [5.41, 5.74) is -0.448. The molecule has 0 saturated carbocycles. The molecule has 0 radical (unpaired) electrons. The molecule has 8 heteroatoms. The summed E-state index contributed by atoms with van der Waals surface area (Å²) in [6.07, 6.45) is 2.99. The number of pyridine rings is 1. The molecular formula is C16H19Cl2N3O2S. The van der Waals surface area contributed by atoms with Crippen LogP contribution in [0.1, 0.15) is 19.8 Å². The normalized spacial score (nSPS) is 18.8. The van der Waals surface area contributed by atoms with E-state index in [2.05, 4.69) is 14.6 Å². The molecule has 0 unspecified atom stereocenters. The Morgan fingerprint density at radius 3 is 2.54 bits per heavy atom. The van der Waals surface area contributed by atoms with Crippen LogP contribution in [0.25, 0.3) is 10.8 Å². The first kappa shape index (κ1) is 17.9. The minimum atomic E-state index is -3.65. The molecule has 0 bridgehead atoms. The van der Waals surface area contributed by atoms with Gasteiger partial charge in [0.2, 0.25) is 10.0 Å². The predicted octanol–water partition coefficient (Wildman–Crippen LogP) is 3.30. The van der Waals surface area contributed by atoms with Crippen molar-refractivity contribution in [3.63, 3.8) is 0 Å². The molecule has 1 aromatic heterocycles. The van der Waals surface area contributed by atoms with Gasteiger partial charge in [-0.3, -0.25) is 0 Å². The van der Waals surface area contributed by atoms with E-state index in [9.17, 15) is 8.42 Å². The van der Waals surface area contributed by atoms with Crippen molar-refractivity contribution in [2.75, 3.05) is 20.1 Å². The lowest BCUT2D eigenvalue weighted by Crippen LogP contribution is -2.52. The SMILES string of the molecule is CN1CCC(C)(NS(=O)(=O)c2ccc3c(Cl)cnc(Cl)c3c2)CC1. The van der Waals surface area contributed by atoms with Gasteiger partial charge in [0, 0.05) is 22.5 Å². The van der Waals surface area contributed by atoms with Gasteiger partial charge in [0.15, 0.2) is 0 Å². The topological polar surface area (TPSA) is 62.3 Å². The summed E-state index contributed by atoms with van der Waals surface area (Å²) in [4.78, 5) is 6.34. The summed E-state index contributed by atoms with van der Waals surface area (Å²) in [5.74, 6) is 0. The zero-order chi connectivity index (χ0) is 17.5. The molecule has 1 N–H and O–H groups in total. The van der Waals surface area contributed by atoms with Crippen molar-refractivity contribution in [1.82, 2.24) is 14.6 Å². The van der Waals surface area contributed by atoms with Gasteiger partial charge in [-0.05, 0) is 52.0 Å². The number of nitrogens with one attached hydrogen (secondary N) is 1. The Morgan fingerprint density at radius 1 is 1.21 bits per heavy atom. The van der Waals surface area contributed by atoms with Crippen LogP contribution in [-0.2, 0) is 10.0 Å². The van der Waals surface area contributed by atoms with Crippen LogP contribution in [0.3, 0.4) is 0 Å². The first-order valence-electron chi connectivity index (χ1n) is 7.66. The second kappa shape index (κ2) is 6.42. The zero-order valence-corrected chi connectivity index (χ0v) is 15.8. The van der Waals surface area contributed by atoms with Crippen LogP contribution in [0.4, 0.5) is 0 Å². The molecular weight excluding hydrogens is 369 g/mol. The van der Waals surface area contributed by atoms with Crippen molar-refractivity contribution in [2.45, 2.75) is 30.2 Å². The van der Waals surface area contributed by atoms with Gasteiger partial charge in [0.25, 0.3) is 0 Å². The number of aromatic nitrogens is 1. The quantitative estimate of drug-likeness (QED) is 0.820. The second-order valence-corrected chi connectivity index (χ2v) is 9.02. The molecule has 0 amide bonds. The van der Waals surface area contributed by atoms with E-state index in [1.165, 1.54) is 12.3 Å². The summed E-state index contributed by atoms with van der Waals surface area (Å²) < 4.78 is 28.5. The Hall–Kier alpha value is -0.920. The largest absolute Gasteiger partial charge is 0.306 e. The fraction of sp³-hybridized carbons (Fsp3) is 0.438. The van der Waals surface area contributed by atoms with E-state index in [4.69, 9.17) is 23.2 Å². The summed E-state index contributed by atoms with van der Waals surface area (Å²) in [6.45, 7) is 3.67. The first-order valence-corrected chi connectivity index (χ1v) is 9.90. The average molecular weight is 388 g/mol. The molecule has 1 aliphatic heterocycles. The Bertz CT molecular complexity index is 878. The Morgan fingerprint density at radius 2 is 1.88 bits per heavy atom. The number of likely N-dealkylation sites (tertiary alicyclic amines) is 1. The molecule has 0 atom stereocenters. The van der Waals surface area contributed by atoms with Crippen molar-refractivity contribution in [1.29, 1.82) is 0 Å². The molecule has 5 nitrogen and oxygen atoms in total. The number of piperidine rings is 1. The van der Waals surface area contributed by atoms with Gasteiger partial charge in [0.1, 0.15) is 5.15 Å². The molecule has 1 saturated heterocycles. The minimum Gasteiger partial charge on any atom is -0.306 e. The minimum absolute atomic E-state index is 0.168. The summed E-state index contributed by atoms with van der Waals surface area (Å²) >= 11 is 12.2. The number of hydrogen-bond donors (Lipinski definition) is 1. The first-order chi connectivity index (χ1) is 11.2. The highest BCUT2D eigenvalue weighted by atomic mass is 35.5. The van der Waals surface area contributed by atoms with Gasteiger partial charge in [-0.2, -0.15) is 0 Å². The van der Waals surface area contributed by atoms with Crippen LogP contribution in [0.2, 0.25) is 10.2 Å². The second-order valence-electron chi connectivity index (χ2n) is 6.57. The van der Waals surface area contributed by atoms with Crippen LogP contribution in [0, 0.1) is 0 Å². The van der Waals surface area contributed by atoms with Crippen molar-refractivity contribution in [3.05, 3.63) is 34.6 Å². The van der Waals surface area contributed by atoms with E-state index in [1.807, 2.05) is 14.0 Å². The van der Waals surface area contributed by atoms with Crippen molar-refractivity contribution < 1.29 is 8.42 Å². The summed E-state index contributed by atoms with van der Waals surface area (Å²) in [7, 11) is -1.62. The van der Waals surface area contributed by atoms with Gasteiger partial charge >= 0.3 is 0 Å². The maximum atomic E-state index is 12.8. The molecule has 24 heavy (non-hydrogen) atoms. The third kappa shape index (κ3) is 3.53. The molecule has 130 valence electrons. The maximum Gasteiger partial charge on any atom is 0.241 e. The fourth-order valence-electron chi connectivity index (χ4n) is 2.92. The highest BCUT2D eigenvalue weighted by Crippen LogP contribution is 2.30. The molecule has 0 spiro atoms. The number of nitrogens with zero attached hydrogens (tertiary/aromatic N) is 2. The molecule has 3 rings (SSSR count). The highest BCUT2D eigenvalue weighted by Gasteiger charge is 2.33. The third-order valence-corrected chi connectivity index (χ3v) is 6.78. The summed E-state index contributed by atoms with van der Waals surface area (Å²) in [5, 5.41) is 1.88. The average Bonchev–Trinajstić information content (AvgIpc) is 2.53. The molecule has 1 fully saturated rings. The van der Waals surface area contributed by atoms with Gasteiger partial charge in [-0.15, -0.1) is 0 Å². The molecule has 0 aliphatic carbocycles.